The molecule has 1 saturated heterocycles. The zero-order valence-electron chi connectivity index (χ0n) is 16.1. The number of benzene rings is 1. The van der Waals surface area contributed by atoms with E-state index < -0.39 is 0 Å². The summed E-state index contributed by atoms with van der Waals surface area (Å²) in [5.41, 5.74) is 2.47. The number of hydrogen-bond acceptors (Lipinski definition) is 3. The van der Waals surface area contributed by atoms with Gasteiger partial charge in [-0.3, -0.25) is 9.69 Å². The molecular weight excluding hydrogens is 338 g/mol. The molecule has 0 bridgehead atoms. The van der Waals surface area contributed by atoms with Crippen LogP contribution in [0.25, 0.3) is 10.8 Å². The Kier molecular flexibility index (Phi) is 5.03. The number of likely N-dealkylation sites (tertiary alicyclic amines) is 1. The summed E-state index contributed by atoms with van der Waals surface area (Å²) in [6, 6.07) is 8.02. The topological polar surface area (TPSA) is 50.3 Å². The highest BCUT2D eigenvalue weighted by Crippen LogP contribution is 2.25. The fourth-order valence-corrected chi connectivity index (χ4v) is 3.95. The summed E-state index contributed by atoms with van der Waals surface area (Å²) in [6.45, 7) is 5.20. The fraction of sp³-hybridized carbons (Fsp3) is 0.409. The molecule has 0 unspecified atom stereocenters. The molecule has 3 heterocycles. The van der Waals surface area contributed by atoms with Crippen LogP contribution in [0.5, 0.6) is 5.75 Å². The first-order valence-corrected chi connectivity index (χ1v) is 9.76. The second-order valence-electron chi connectivity index (χ2n) is 7.48. The molecule has 0 spiro atoms. The van der Waals surface area contributed by atoms with Crippen LogP contribution in [0, 0.1) is 0 Å². The van der Waals surface area contributed by atoms with Crippen LogP contribution < -0.4 is 10.3 Å². The third-order valence-corrected chi connectivity index (χ3v) is 5.48. The van der Waals surface area contributed by atoms with Crippen LogP contribution in [0.15, 0.2) is 47.7 Å². The number of piperidine rings is 1. The zero-order valence-corrected chi connectivity index (χ0v) is 16.1. The Hall–Kier alpha value is -2.53. The Morgan fingerprint density at radius 3 is 2.70 bits per heavy atom. The van der Waals surface area contributed by atoms with Crippen LogP contribution in [0.1, 0.15) is 30.9 Å². The summed E-state index contributed by atoms with van der Waals surface area (Å²) in [5, 5.41) is 1.74. The van der Waals surface area contributed by atoms with Gasteiger partial charge in [0.05, 0.1) is 0 Å². The number of pyridine rings is 1. The molecule has 3 aromatic rings. The first-order valence-electron chi connectivity index (χ1n) is 9.76. The maximum absolute atomic E-state index is 12.0. The number of hydrogen-bond donors (Lipinski definition) is 1. The predicted octanol–water partition coefficient (Wildman–Crippen LogP) is 3.47. The first-order chi connectivity index (χ1) is 13.1. The van der Waals surface area contributed by atoms with Gasteiger partial charge in [0.2, 0.25) is 0 Å². The van der Waals surface area contributed by atoms with Gasteiger partial charge < -0.3 is 14.3 Å². The third-order valence-electron chi connectivity index (χ3n) is 5.48. The van der Waals surface area contributed by atoms with Crippen LogP contribution >= 0.6 is 0 Å². The lowest BCUT2D eigenvalue weighted by molar-refractivity contribution is 0.0969. The number of aromatic nitrogens is 2. The van der Waals surface area contributed by atoms with Gasteiger partial charge in [-0.05, 0) is 60.0 Å². The Labute approximate surface area is 159 Å². The Morgan fingerprint density at radius 2 is 2.00 bits per heavy atom. The smallest absolute Gasteiger partial charge is 0.255 e. The molecule has 4 rings (SSSR count). The minimum atomic E-state index is -0.0389. The van der Waals surface area contributed by atoms with Gasteiger partial charge in [0, 0.05) is 50.7 Å². The number of aromatic amines is 1. The summed E-state index contributed by atoms with van der Waals surface area (Å²) in [5.74, 6) is 0.865. The van der Waals surface area contributed by atoms with Crippen molar-refractivity contribution in [3.63, 3.8) is 0 Å². The Balaban J connectivity index is 1.41. The van der Waals surface area contributed by atoms with Crippen molar-refractivity contribution >= 4 is 10.8 Å². The first kappa shape index (κ1) is 17.9. The standard InChI is InChI=1S/C22H27N3O2/c1-3-17-13-23-22(26)20-5-4-19(12-21(17)20)27-18-7-10-25(11-8-18)15-16-6-9-24(2)14-16/h4-6,9,12-14,18H,3,7-8,10-11,15H2,1-2H3,(H,23,26). The molecule has 0 aliphatic carbocycles. The molecule has 27 heavy (non-hydrogen) atoms. The molecule has 0 saturated carbocycles. The number of ether oxygens (including phenoxy) is 1. The predicted molar refractivity (Wildman–Crippen MR) is 108 cm³/mol. The maximum Gasteiger partial charge on any atom is 0.255 e. The number of rotatable bonds is 5. The van der Waals surface area contributed by atoms with E-state index in [9.17, 15) is 4.79 Å². The molecule has 142 valence electrons. The lowest BCUT2D eigenvalue weighted by Gasteiger charge is -2.32. The van der Waals surface area contributed by atoms with Crippen molar-refractivity contribution in [1.29, 1.82) is 0 Å². The molecule has 1 aliphatic heterocycles. The largest absolute Gasteiger partial charge is 0.490 e. The highest BCUT2D eigenvalue weighted by atomic mass is 16.5. The van der Waals surface area contributed by atoms with Gasteiger partial charge in [-0.15, -0.1) is 0 Å². The highest BCUT2D eigenvalue weighted by molar-refractivity contribution is 5.85. The molecule has 5 heteroatoms. The summed E-state index contributed by atoms with van der Waals surface area (Å²) >= 11 is 0. The lowest BCUT2D eigenvalue weighted by Crippen LogP contribution is -2.37. The summed E-state index contributed by atoms with van der Waals surface area (Å²) < 4.78 is 8.36. The molecule has 1 fully saturated rings. The van der Waals surface area contributed by atoms with E-state index in [1.54, 1.807) is 0 Å². The SMILES string of the molecule is CCc1c[nH]c(=O)c2ccc(OC3CCN(Cc4ccn(C)c4)CC3)cc12. The molecule has 1 N–H and O–H groups in total. The molecular formula is C22H27N3O2. The average molecular weight is 365 g/mol. The Bertz CT molecular complexity index is 981. The van der Waals surface area contributed by atoms with Crippen LogP contribution in [-0.2, 0) is 20.0 Å². The van der Waals surface area contributed by atoms with E-state index in [2.05, 4.69) is 46.9 Å². The van der Waals surface area contributed by atoms with E-state index in [0.717, 1.165) is 61.0 Å². The van der Waals surface area contributed by atoms with Crippen LogP contribution in [-0.4, -0.2) is 33.6 Å². The minimum absolute atomic E-state index is 0.0389. The van der Waals surface area contributed by atoms with E-state index in [4.69, 9.17) is 4.74 Å². The van der Waals surface area contributed by atoms with Crippen molar-refractivity contribution in [3.05, 3.63) is 64.3 Å². The van der Waals surface area contributed by atoms with Crippen molar-refractivity contribution in [2.45, 2.75) is 38.8 Å². The average Bonchev–Trinajstić information content (AvgIpc) is 3.08. The Morgan fingerprint density at radius 1 is 1.19 bits per heavy atom. The normalized spacial score (nSPS) is 16.1. The van der Waals surface area contributed by atoms with Crippen molar-refractivity contribution in [3.8, 4) is 5.75 Å². The van der Waals surface area contributed by atoms with Crippen LogP contribution in [0.2, 0.25) is 0 Å². The molecule has 0 radical (unpaired) electrons. The van der Waals surface area contributed by atoms with Gasteiger partial charge in [-0.25, -0.2) is 0 Å². The number of nitrogens with zero attached hydrogens (tertiary/aromatic N) is 2. The molecule has 1 aromatic carbocycles. The van der Waals surface area contributed by atoms with Crippen molar-refractivity contribution in [1.82, 2.24) is 14.5 Å². The fourth-order valence-electron chi connectivity index (χ4n) is 3.95. The number of fused-ring (bicyclic) bond motifs is 1. The number of aryl methyl sites for hydroxylation is 2. The number of nitrogens with one attached hydrogen (secondary N) is 1. The molecule has 0 amide bonds. The van der Waals surface area contributed by atoms with E-state index >= 15 is 0 Å². The molecule has 0 atom stereocenters. The van der Waals surface area contributed by atoms with Gasteiger partial charge in [0.1, 0.15) is 11.9 Å². The molecule has 2 aromatic heterocycles. The highest BCUT2D eigenvalue weighted by Gasteiger charge is 2.21. The van der Waals surface area contributed by atoms with Crippen LogP contribution in [0.4, 0.5) is 0 Å². The molecule has 5 nitrogen and oxygen atoms in total. The maximum atomic E-state index is 12.0. The minimum Gasteiger partial charge on any atom is -0.490 e. The van der Waals surface area contributed by atoms with Gasteiger partial charge in [0.15, 0.2) is 0 Å². The monoisotopic (exact) mass is 365 g/mol. The van der Waals surface area contributed by atoms with Crippen molar-refractivity contribution < 1.29 is 4.74 Å². The summed E-state index contributed by atoms with van der Waals surface area (Å²) in [4.78, 5) is 17.3. The second-order valence-corrected chi connectivity index (χ2v) is 7.48. The lowest BCUT2D eigenvalue weighted by atomic mass is 10.0. The number of H-pyrrole nitrogens is 1. The van der Waals surface area contributed by atoms with Crippen molar-refractivity contribution in [2.75, 3.05) is 13.1 Å². The van der Waals surface area contributed by atoms with Gasteiger partial charge >= 0.3 is 0 Å². The summed E-state index contributed by atoms with van der Waals surface area (Å²) in [6.07, 6.45) is 9.28. The van der Waals surface area contributed by atoms with E-state index in [-0.39, 0.29) is 11.7 Å². The van der Waals surface area contributed by atoms with Crippen molar-refractivity contribution in [2.24, 2.45) is 7.05 Å². The zero-order chi connectivity index (χ0) is 18.8. The quantitative estimate of drug-likeness (QED) is 0.753. The van der Waals surface area contributed by atoms with Gasteiger partial charge in [0.25, 0.3) is 5.56 Å². The van der Waals surface area contributed by atoms with E-state index in [1.165, 1.54) is 5.56 Å². The van der Waals surface area contributed by atoms with E-state index in [1.807, 2.05) is 24.4 Å². The summed E-state index contributed by atoms with van der Waals surface area (Å²) in [7, 11) is 2.06. The van der Waals surface area contributed by atoms with Crippen LogP contribution in [0.3, 0.4) is 0 Å². The second kappa shape index (κ2) is 7.61. The van der Waals surface area contributed by atoms with E-state index in [0.29, 0.717) is 0 Å². The third kappa shape index (κ3) is 3.93. The van der Waals surface area contributed by atoms with Gasteiger partial charge in [-0.1, -0.05) is 6.92 Å². The molecule has 1 aliphatic rings. The van der Waals surface area contributed by atoms with Gasteiger partial charge in [-0.2, -0.15) is 0 Å².